The highest BCUT2D eigenvalue weighted by atomic mass is 16.5. The number of likely N-dealkylation sites (N-methyl/N-ethyl adjacent to an activating group) is 1. The number of rotatable bonds is 4. The van der Waals surface area contributed by atoms with Crippen molar-refractivity contribution in [2.24, 2.45) is 7.05 Å². The van der Waals surface area contributed by atoms with Gasteiger partial charge in [-0.05, 0) is 6.07 Å². The second-order valence-electron chi connectivity index (χ2n) is 6.66. The van der Waals surface area contributed by atoms with E-state index in [9.17, 15) is 4.79 Å². The van der Waals surface area contributed by atoms with E-state index in [0.717, 1.165) is 31.9 Å². The Morgan fingerprint density at radius 2 is 2.12 bits per heavy atom. The monoisotopic (exact) mass is 337 g/mol. The van der Waals surface area contributed by atoms with Gasteiger partial charge >= 0.3 is 0 Å². The molecule has 1 N–H and O–H groups in total. The van der Waals surface area contributed by atoms with E-state index in [1.807, 2.05) is 24.0 Å². The van der Waals surface area contributed by atoms with Gasteiger partial charge in [-0.3, -0.25) is 19.3 Å². The fraction of sp³-hybridized carbons (Fsp3) is 0.750. The molecule has 0 aliphatic carbocycles. The summed E-state index contributed by atoms with van der Waals surface area (Å²) in [6, 6.07) is 2.05. The average molecular weight is 337 g/mol. The SMILES string of the molecule is CNC(=O)CN1CCOC[C@@]2(C1)CN(Cc1ccn(C)n1)CCO2. The van der Waals surface area contributed by atoms with Gasteiger partial charge in [-0.25, -0.2) is 0 Å². The molecule has 1 amide bonds. The first-order chi connectivity index (χ1) is 11.6. The molecule has 2 fully saturated rings. The number of carbonyl (C=O) groups is 1. The lowest BCUT2D eigenvalue weighted by molar-refractivity contribution is -0.144. The number of morpholine rings is 1. The van der Waals surface area contributed by atoms with Crippen LogP contribution in [0.2, 0.25) is 0 Å². The Hall–Kier alpha value is -1.48. The molecule has 0 unspecified atom stereocenters. The second kappa shape index (κ2) is 7.60. The molecule has 24 heavy (non-hydrogen) atoms. The molecule has 3 heterocycles. The molecule has 0 saturated carbocycles. The number of nitrogens with one attached hydrogen (secondary N) is 1. The van der Waals surface area contributed by atoms with Crippen molar-refractivity contribution in [2.45, 2.75) is 12.1 Å². The Morgan fingerprint density at radius 3 is 2.88 bits per heavy atom. The third kappa shape index (κ3) is 4.32. The van der Waals surface area contributed by atoms with Crippen LogP contribution in [0.1, 0.15) is 5.69 Å². The average Bonchev–Trinajstić information content (AvgIpc) is 2.86. The number of nitrogens with zero attached hydrogens (tertiary/aromatic N) is 4. The smallest absolute Gasteiger partial charge is 0.233 e. The number of aromatic nitrogens is 2. The van der Waals surface area contributed by atoms with E-state index in [-0.39, 0.29) is 11.5 Å². The van der Waals surface area contributed by atoms with Crippen molar-refractivity contribution >= 4 is 5.91 Å². The number of amides is 1. The maximum atomic E-state index is 11.7. The van der Waals surface area contributed by atoms with Crippen LogP contribution in [0.5, 0.6) is 0 Å². The van der Waals surface area contributed by atoms with E-state index in [1.165, 1.54) is 0 Å². The highest BCUT2D eigenvalue weighted by Crippen LogP contribution is 2.23. The molecule has 2 saturated heterocycles. The van der Waals surface area contributed by atoms with Crippen LogP contribution < -0.4 is 5.32 Å². The second-order valence-corrected chi connectivity index (χ2v) is 6.66. The minimum atomic E-state index is -0.377. The van der Waals surface area contributed by atoms with E-state index in [1.54, 1.807) is 7.05 Å². The number of hydrogen-bond donors (Lipinski definition) is 1. The zero-order valence-corrected chi connectivity index (χ0v) is 14.5. The van der Waals surface area contributed by atoms with Gasteiger partial charge in [0.2, 0.25) is 5.91 Å². The standard InChI is InChI=1S/C16H27N5O3/c1-17-15(22)10-21-5-7-23-13-16(12-21)11-20(6-8-24-16)9-14-3-4-19(2)18-14/h3-4H,5-13H2,1-2H3,(H,17,22)/t16-/m0/s1. The van der Waals surface area contributed by atoms with Crippen molar-refractivity contribution in [3.8, 4) is 0 Å². The van der Waals surface area contributed by atoms with Crippen LogP contribution in [-0.2, 0) is 27.9 Å². The molecule has 3 rings (SSSR count). The molecule has 0 aromatic carbocycles. The maximum absolute atomic E-state index is 11.7. The van der Waals surface area contributed by atoms with Gasteiger partial charge < -0.3 is 14.8 Å². The van der Waals surface area contributed by atoms with Crippen LogP contribution in [0.15, 0.2) is 12.3 Å². The normalized spacial score (nSPS) is 26.4. The molecular weight excluding hydrogens is 310 g/mol. The molecular formula is C16H27N5O3. The Kier molecular flexibility index (Phi) is 5.50. The van der Waals surface area contributed by atoms with Gasteiger partial charge in [0.25, 0.3) is 0 Å². The lowest BCUT2D eigenvalue weighted by Crippen LogP contribution is -2.59. The summed E-state index contributed by atoms with van der Waals surface area (Å²) in [7, 11) is 3.60. The highest BCUT2D eigenvalue weighted by molar-refractivity contribution is 5.77. The molecule has 1 aromatic rings. The molecule has 134 valence electrons. The quantitative estimate of drug-likeness (QED) is 0.765. The molecule has 8 nitrogen and oxygen atoms in total. The van der Waals surface area contributed by atoms with Crippen LogP contribution in [0.25, 0.3) is 0 Å². The van der Waals surface area contributed by atoms with Crippen LogP contribution in [-0.4, -0.2) is 90.7 Å². The van der Waals surface area contributed by atoms with Crippen LogP contribution in [0.3, 0.4) is 0 Å². The number of aryl methyl sites for hydroxylation is 1. The summed E-state index contributed by atoms with van der Waals surface area (Å²) in [6.45, 7) is 6.18. The third-order valence-corrected chi connectivity index (χ3v) is 4.56. The van der Waals surface area contributed by atoms with Crippen molar-refractivity contribution in [3.05, 3.63) is 18.0 Å². The number of ether oxygens (including phenoxy) is 2. The minimum Gasteiger partial charge on any atom is -0.377 e. The molecule has 0 bridgehead atoms. The molecule has 2 aliphatic heterocycles. The fourth-order valence-electron chi connectivity index (χ4n) is 3.42. The van der Waals surface area contributed by atoms with Gasteiger partial charge in [-0.2, -0.15) is 5.10 Å². The first-order valence-electron chi connectivity index (χ1n) is 8.44. The van der Waals surface area contributed by atoms with E-state index in [2.05, 4.69) is 20.2 Å². The lowest BCUT2D eigenvalue weighted by Gasteiger charge is -2.43. The zero-order chi connectivity index (χ0) is 17.0. The highest BCUT2D eigenvalue weighted by Gasteiger charge is 2.40. The summed E-state index contributed by atoms with van der Waals surface area (Å²) in [4.78, 5) is 16.2. The lowest BCUT2D eigenvalue weighted by atomic mass is 10.0. The molecule has 1 aromatic heterocycles. The first-order valence-corrected chi connectivity index (χ1v) is 8.44. The van der Waals surface area contributed by atoms with E-state index < -0.39 is 0 Å². The summed E-state index contributed by atoms with van der Waals surface area (Å²) in [5, 5.41) is 7.15. The predicted molar refractivity (Wildman–Crippen MR) is 88.5 cm³/mol. The summed E-state index contributed by atoms with van der Waals surface area (Å²) in [5.41, 5.74) is 0.684. The number of carbonyl (C=O) groups excluding carboxylic acids is 1. The zero-order valence-electron chi connectivity index (χ0n) is 14.5. The van der Waals surface area contributed by atoms with Crippen molar-refractivity contribution in [3.63, 3.8) is 0 Å². The fourth-order valence-corrected chi connectivity index (χ4v) is 3.42. The van der Waals surface area contributed by atoms with Gasteiger partial charge in [0.05, 0.1) is 32.1 Å². The van der Waals surface area contributed by atoms with Gasteiger partial charge in [0.1, 0.15) is 5.60 Å². The van der Waals surface area contributed by atoms with Crippen molar-refractivity contribution < 1.29 is 14.3 Å². The van der Waals surface area contributed by atoms with Crippen molar-refractivity contribution in [2.75, 3.05) is 59.6 Å². The van der Waals surface area contributed by atoms with Gasteiger partial charge in [0.15, 0.2) is 0 Å². The van der Waals surface area contributed by atoms with Gasteiger partial charge in [0, 0.05) is 53.0 Å². The summed E-state index contributed by atoms with van der Waals surface area (Å²) in [6.07, 6.45) is 1.96. The topological polar surface area (TPSA) is 71.9 Å². The van der Waals surface area contributed by atoms with Crippen LogP contribution >= 0.6 is 0 Å². The maximum Gasteiger partial charge on any atom is 0.233 e. The largest absolute Gasteiger partial charge is 0.377 e. The predicted octanol–water partition coefficient (Wildman–Crippen LogP) is -0.931. The van der Waals surface area contributed by atoms with E-state index in [4.69, 9.17) is 9.47 Å². The van der Waals surface area contributed by atoms with Gasteiger partial charge in [-0.1, -0.05) is 0 Å². The minimum absolute atomic E-state index is 0.0215. The van der Waals surface area contributed by atoms with Crippen LogP contribution in [0, 0.1) is 0 Å². The molecule has 0 radical (unpaired) electrons. The third-order valence-electron chi connectivity index (χ3n) is 4.56. The number of hydrogen-bond acceptors (Lipinski definition) is 6. The van der Waals surface area contributed by atoms with Crippen molar-refractivity contribution in [1.82, 2.24) is 24.9 Å². The Bertz CT molecular complexity index is 564. The van der Waals surface area contributed by atoms with E-state index in [0.29, 0.717) is 32.9 Å². The summed E-state index contributed by atoms with van der Waals surface area (Å²) in [5.74, 6) is 0.0215. The first kappa shape index (κ1) is 17.3. The Morgan fingerprint density at radius 1 is 1.33 bits per heavy atom. The molecule has 1 atom stereocenters. The van der Waals surface area contributed by atoms with E-state index >= 15 is 0 Å². The van der Waals surface area contributed by atoms with Gasteiger partial charge in [-0.15, -0.1) is 0 Å². The summed E-state index contributed by atoms with van der Waals surface area (Å²) >= 11 is 0. The molecule has 2 aliphatic rings. The van der Waals surface area contributed by atoms with Crippen molar-refractivity contribution in [1.29, 1.82) is 0 Å². The molecule has 8 heteroatoms. The summed E-state index contributed by atoms with van der Waals surface area (Å²) < 4.78 is 13.8. The Labute approximate surface area is 142 Å². The van der Waals surface area contributed by atoms with Crippen LogP contribution in [0.4, 0.5) is 0 Å². The molecule has 1 spiro atoms. The Balaban J connectivity index is 1.64.